The SMILES string of the molecule is Cc1cc(NC(=O)c2cc([N+](=O)[O-])ccc2Cl)c(C)cc1I. The van der Waals surface area contributed by atoms with E-state index in [2.05, 4.69) is 27.9 Å². The summed E-state index contributed by atoms with van der Waals surface area (Å²) in [5.74, 6) is -0.475. The van der Waals surface area contributed by atoms with Crippen molar-refractivity contribution in [2.24, 2.45) is 0 Å². The highest BCUT2D eigenvalue weighted by Gasteiger charge is 2.17. The molecule has 0 saturated carbocycles. The third-order valence-electron chi connectivity index (χ3n) is 3.16. The van der Waals surface area contributed by atoms with Gasteiger partial charge in [-0.05, 0) is 65.8 Å². The number of rotatable bonds is 3. The molecule has 1 N–H and O–H groups in total. The van der Waals surface area contributed by atoms with Crippen molar-refractivity contribution in [3.8, 4) is 0 Å². The van der Waals surface area contributed by atoms with E-state index in [1.807, 2.05) is 26.0 Å². The third kappa shape index (κ3) is 3.56. The summed E-state index contributed by atoms with van der Waals surface area (Å²) in [5, 5.41) is 13.7. The fraction of sp³-hybridized carbons (Fsp3) is 0.133. The van der Waals surface area contributed by atoms with Gasteiger partial charge in [-0.2, -0.15) is 0 Å². The molecule has 0 aliphatic carbocycles. The van der Waals surface area contributed by atoms with Crippen LogP contribution in [0, 0.1) is 27.5 Å². The number of nitro groups is 1. The first-order chi connectivity index (χ1) is 10.3. The van der Waals surface area contributed by atoms with Crippen LogP contribution in [0.4, 0.5) is 11.4 Å². The second-order valence-electron chi connectivity index (χ2n) is 4.79. The Hall–Kier alpha value is -1.67. The van der Waals surface area contributed by atoms with Crippen molar-refractivity contribution < 1.29 is 9.72 Å². The Morgan fingerprint density at radius 1 is 1.23 bits per heavy atom. The number of nitro benzene ring substituents is 1. The van der Waals surface area contributed by atoms with Crippen molar-refractivity contribution in [1.82, 2.24) is 0 Å². The lowest BCUT2D eigenvalue weighted by Gasteiger charge is -2.11. The zero-order valence-corrected chi connectivity index (χ0v) is 14.7. The van der Waals surface area contributed by atoms with Gasteiger partial charge in [-0.15, -0.1) is 0 Å². The predicted octanol–water partition coefficient (Wildman–Crippen LogP) is 4.72. The maximum atomic E-state index is 12.3. The standard InChI is InChI=1S/C15H12ClIN2O3/c1-8-6-14(9(2)5-13(8)17)18-15(20)11-7-10(19(21)22)3-4-12(11)16/h3-7H,1-2H3,(H,18,20). The van der Waals surface area contributed by atoms with Crippen LogP contribution in [0.25, 0.3) is 0 Å². The molecule has 0 aromatic heterocycles. The molecule has 22 heavy (non-hydrogen) atoms. The van der Waals surface area contributed by atoms with Crippen molar-refractivity contribution in [2.45, 2.75) is 13.8 Å². The maximum absolute atomic E-state index is 12.3. The zero-order valence-electron chi connectivity index (χ0n) is 11.8. The van der Waals surface area contributed by atoms with Crippen molar-refractivity contribution in [3.63, 3.8) is 0 Å². The van der Waals surface area contributed by atoms with Crippen LogP contribution in [0.3, 0.4) is 0 Å². The number of hydrogen-bond donors (Lipinski definition) is 1. The summed E-state index contributed by atoms with van der Waals surface area (Å²) in [6, 6.07) is 7.60. The molecule has 0 spiro atoms. The first-order valence-corrected chi connectivity index (χ1v) is 7.77. The lowest BCUT2D eigenvalue weighted by Crippen LogP contribution is -2.14. The number of hydrogen-bond acceptors (Lipinski definition) is 3. The minimum atomic E-state index is -0.562. The second kappa shape index (κ2) is 6.62. The van der Waals surface area contributed by atoms with E-state index in [0.29, 0.717) is 5.69 Å². The summed E-state index contributed by atoms with van der Waals surface area (Å²) in [4.78, 5) is 22.6. The molecule has 0 radical (unpaired) electrons. The van der Waals surface area contributed by atoms with Gasteiger partial charge in [-0.3, -0.25) is 14.9 Å². The number of carbonyl (C=O) groups excluding carboxylic acids is 1. The first-order valence-electron chi connectivity index (χ1n) is 6.31. The molecule has 0 bridgehead atoms. The van der Waals surface area contributed by atoms with Gasteiger partial charge in [0.25, 0.3) is 11.6 Å². The molecule has 0 fully saturated rings. The van der Waals surface area contributed by atoms with E-state index in [4.69, 9.17) is 11.6 Å². The van der Waals surface area contributed by atoms with Crippen LogP contribution < -0.4 is 5.32 Å². The van der Waals surface area contributed by atoms with Gasteiger partial charge in [0.1, 0.15) is 0 Å². The lowest BCUT2D eigenvalue weighted by molar-refractivity contribution is -0.384. The molecule has 5 nitrogen and oxygen atoms in total. The van der Waals surface area contributed by atoms with Crippen molar-refractivity contribution in [3.05, 3.63) is 65.7 Å². The molecular formula is C15H12ClIN2O3. The summed E-state index contributed by atoms with van der Waals surface area (Å²) in [6.45, 7) is 3.82. The highest BCUT2D eigenvalue weighted by atomic mass is 127. The smallest absolute Gasteiger partial charge is 0.270 e. The van der Waals surface area contributed by atoms with Crippen LogP contribution in [-0.4, -0.2) is 10.8 Å². The van der Waals surface area contributed by atoms with Crippen LogP contribution in [0.15, 0.2) is 30.3 Å². The molecule has 2 aromatic rings. The van der Waals surface area contributed by atoms with Gasteiger partial charge in [0.05, 0.1) is 15.5 Å². The van der Waals surface area contributed by atoms with Gasteiger partial charge in [0.15, 0.2) is 0 Å². The van der Waals surface area contributed by atoms with E-state index < -0.39 is 10.8 Å². The number of carbonyl (C=O) groups is 1. The predicted molar refractivity (Wildman–Crippen MR) is 94.7 cm³/mol. The molecule has 1 amide bonds. The van der Waals surface area contributed by atoms with Gasteiger partial charge < -0.3 is 5.32 Å². The van der Waals surface area contributed by atoms with Gasteiger partial charge in [0, 0.05) is 21.4 Å². The second-order valence-corrected chi connectivity index (χ2v) is 6.36. The number of non-ortho nitro benzene ring substituents is 1. The molecule has 0 heterocycles. The molecular weight excluding hydrogens is 419 g/mol. The summed E-state index contributed by atoms with van der Waals surface area (Å²) < 4.78 is 1.10. The largest absolute Gasteiger partial charge is 0.322 e. The Labute approximate surface area is 146 Å². The minimum Gasteiger partial charge on any atom is -0.322 e. The van der Waals surface area contributed by atoms with E-state index in [1.165, 1.54) is 18.2 Å². The van der Waals surface area contributed by atoms with E-state index in [1.54, 1.807) is 0 Å². The van der Waals surface area contributed by atoms with Gasteiger partial charge in [-0.25, -0.2) is 0 Å². The van der Waals surface area contributed by atoms with Gasteiger partial charge >= 0.3 is 0 Å². The monoisotopic (exact) mass is 430 g/mol. The van der Waals surface area contributed by atoms with E-state index in [-0.39, 0.29) is 16.3 Å². The highest BCUT2D eigenvalue weighted by molar-refractivity contribution is 14.1. The van der Waals surface area contributed by atoms with Crippen LogP contribution in [0.5, 0.6) is 0 Å². The number of aryl methyl sites for hydroxylation is 2. The summed E-state index contributed by atoms with van der Waals surface area (Å²) in [5.41, 5.74) is 2.50. The average molecular weight is 431 g/mol. The van der Waals surface area contributed by atoms with Crippen LogP contribution in [0.2, 0.25) is 5.02 Å². The van der Waals surface area contributed by atoms with Gasteiger partial charge in [0.2, 0.25) is 0 Å². The Bertz CT molecular complexity index is 778. The zero-order chi connectivity index (χ0) is 16.4. The average Bonchev–Trinajstić information content (AvgIpc) is 2.44. The van der Waals surface area contributed by atoms with Crippen LogP contribution in [-0.2, 0) is 0 Å². The molecule has 2 rings (SSSR count). The Balaban J connectivity index is 2.35. The van der Waals surface area contributed by atoms with E-state index >= 15 is 0 Å². The number of nitrogens with zero attached hydrogens (tertiary/aromatic N) is 1. The topological polar surface area (TPSA) is 72.2 Å². The number of amides is 1. The molecule has 0 aliphatic rings. The Morgan fingerprint density at radius 3 is 2.55 bits per heavy atom. The molecule has 0 aliphatic heterocycles. The van der Waals surface area contributed by atoms with Crippen LogP contribution in [0.1, 0.15) is 21.5 Å². The minimum absolute atomic E-state index is 0.0754. The molecule has 0 saturated heterocycles. The highest BCUT2D eigenvalue weighted by Crippen LogP contribution is 2.25. The normalized spacial score (nSPS) is 10.4. The molecule has 2 aromatic carbocycles. The first kappa shape index (κ1) is 16.7. The summed E-state index contributed by atoms with van der Waals surface area (Å²) in [7, 11) is 0. The summed E-state index contributed by atoms with van der Waals surface area (Å²) >= 11 is 8.19. The van der Waals surface area contributed by atoms with Crippen molar-refractivity contribution >= 4 is 51.5 Å². The van der Waals surface area contributed by atoms with E-state index in [9.17, 15) is 14.9 Å². The fourth-order valence-corrected chi connectivity index (χ4v) is 2.73. The molecule has 114 valence electrons. The fourth-order valence-electron chi connectivity index (χ4n) is 1.91. The number of halogens is 2. The van der Waals surface area contributed by atoms with Crippen molar-refractivity contribution in [2.75, 3.05) is 5.32 Å². The third-order valence-corrected chi connectivity index (χ3v) is 4.65. The van der Waals surface area contributed by atoms with Crippen LogP contribution >= 0.6 is 34.2 Å². The van der Waals surface area contributed by atoms with E-state index in [0.717, 1.165) is 14.7 Å². The molecule has 0 atom stereocenters. The number of nitrogens with one attached hydrogen (secondary N) is 1. The maximum Gasteiger partial charge on any atom is 0.270 e. The summed E-state index contributed by atoms with van der Waals surface area (Å²) in [6.07, 6.45) is 0. The quantitative estimate of drug-likeness (QED) is 0.435. The molecule has 7 heteroatoms. The lowest BCUT2D eigenvalue weighted by atomic mass is 10.1. The number of benzene rings is 2. The number of anilines is 1. The Kier molecular flexibility index (Phi) is 5.02. The Morgan fingerprint density at radius 2 is 1.91 bits per heavy atom. The van der Waals surface area contributed by atoms with Crippen molar-refractivity contribution in [1.29, 1.82) is 0 Å². The van der Waals surface area contributed by atoms with Gasteiger partial charge in [-0.1, -0.05) is 11.6 Å². The molecule has 0 unspecified atom stereocenters.